The monoisotopic (exact) mass is 180 g/mol. The predicted octanol–water partition coefficient (Wildman–Crippen LogP) is 0.125. The van der Waals surface area contributed by atoms with Gasteiger partial charge in [-0.3, -0.25) is 9.59 Å². The van der Waals surface area contributed by atoms with Crippen LogP contribution in [0, 0.1) is 11.8 Å². The molecule has 0 unspecified atom stereocenters. The van der Waals surface area contributed by atoms with Crippen molar-refractivity contribution in [2.24, 2.45) is 11.8 Å². The highest BCUT2D eigenvalue weighted by molar-refractivity contribution is 5.89. The fraction of sp³-hybridized carbons (Fsp3) is 0.667. The molecule has 68 valence electrons. The van der Waals surface area contributed by atoms with Crippen molar-refractivity contribution in [3.8, 4) is 0 Å². The zero-order valence-electron chi connectivity index (χ0n) is 6.08. The number of carboxylic acids is 1. The Hall–Kier alpha value is -1.20. The average Bonchev–Trinajstić information content (AvgIpc) is 2.52. The molecule has 0 saturated heterocycles. The topological polar surface area (TPSA) is 63.6 Å². The van der Waals surface area contributed by atoms with Gasteiger partial charge in [-0.1, -0.05) is 0 Å². The van der Waals surface area contributed by atoms with Crippen molar-refractivity contribution in [3.63, 3.8) is 0 Å². The van der Waals surface area contributed by atoms with Gasteiger partial charge in [0.2, 0.25) is 0 Å². The largest absolute Gasteiger partial charge is 0.481 e. The molecule has 1 aliphatic rings. The number of alkyl halides is 2. The van der Waals surface area contributed by atoms with Gasteiger partial charge in [0.15, 0.2) is 0 Å². The molecule has 1 aliphatic carbocycles. The highest BCUT2D eigenvalue weighted by Crippen LogP contribution is 2.55. The quantitative estimate of drug-likeness (QED) is 0.613. The Bertz CT molecular complexity index is 238. The van der Waals surface area contributed by atoms with Gasteiger partial charge >= 0.3 is 11.9 Å². The van der Waals surface area contributed by atoms with E-state index in [1.54, 1.807) is 0 Å². The summed E-state index contributed by atoms with van der Waals surface area (Å²) in [6, 6.07) is 0. The fourth-order valence-electron chi connectivity index (χ4n) is 1.05. The van der Waals surface area contributed by atoms with E-state index >= 15 is 0 Å². The lowest BCUT2D eigenvalue weighted by molar-refractivity contribution is -0.146. The molecule has 0 heterocycles. The highest BCUT2D eigenvalue weighted by Gasteiger charge is 2.76. The smallest absolute Gasteiger partial charge is 0.315 e. The molecule has 0 radical (unpaired) electrons. The summed E-state index contributed by atoms with van der Waals surface area (Å²) in [5.74, 6) is -10.0. The van der Waals surface area contributed by atoms with E-state index in [4.69, 9.17) is 5.11 Å². The van der Waals surface area contributed by atoms with E-state index in [-0.39, 0.29) is 0 Å². The molecule has 4 nitrogen and oxygen atoms in total. The van der Waals surface area contributed by atoms with Crippen LogP contribution in [-0.4, -0.2) is 30.1 Å². The average molecular weight is 180 g/mol. The maximum absolute atomic E-state index is 12.5. The molecule has 1 saturated carbocycles. The standard InChI is InChI=1S/C6H6F2O4/c1-12-5(11)3-2(4(9)10)6(3,7)8/h2-3H,1H3,(H,9,10)/t2-,3-/m0/s1. The summed E-state index contributed by atoms with van der Waals surface area (Å²) in [7, 11) is 0.940. The minimum absolute atomic E-state index is 0.940. The zero-order valence-corrected chi connectivity index (χ0v) is 6.08. The van der Waals surface area contributed by atoms with Gasteiger partial charge in [-0.05, 0) is 0 Å². The highest BCUT2D eigenvalue weighted by atomic mass is 19.3. The van der Waals surface area contributed by atoms with Crippen LogP contribution in [0.3, 0.4) is 0 Å². The first kappa shape index (κ1) is 8.89. The van der Waals surface area contributed by atoms with Crippen LogP contribution < -0.4 is 0 Å². The van der Waals surface area contributed by atoms with Crippen LogP contribution in [0.4, 0.5) is 8.78 Å². The number of esters is 1. The molecule has 12 heavy (non-hydrogen) atoms. The Morgan fingerprint density at radius 2 is 1.92 bits per heavy atom. The van der Waals surface area contributed by atoms with Crippen molar-refractivity contribution in [2.45, 2.75) is 5.92 Å². The van der Waals surface area contributed by atoms with Crippen LogP contribution in [0.1, 0.15) is 0 Å². The lowest BCUT2D eigenvalue weighted by atomic mass is 10.3. The summed E-state index contributed by atoms with van der Waals surface area (Å²) >= 11 is 0. The minimum atomic E-state index is -3.45. The summed E-state index contributed by atoms with van der Waals surface area (Å²) in [5, 5.41) is 8.22. The summed E-state index contributed by atoms with van der Waals surface area (Å²) < 4.78 is 28.9. The summed E-state index contributed by atoms with van der Waals surface area (Å²) in [5.41, 5.74) is 0. The normalized spacial score (nSPS) is 30.9. The first-order valence-electron chi connectivity index (χ1n) is 3.11. The number of ether oxygens (including phenoxy) is 1. The van der Waals surface area contributed by atoms with Crippen LogP contribution in [0.25, 0.3) is 0 Å². The van der Waals surface area contributed by atoms with E-state index in [0.29, 0.717) is 0 Å². The molecular weight excluding hydrogens is 174 g/mol. The van der Waals surface area contributed by atoms with E-state index in [1.807, 2.05) is 0 Å². The molecule has 6 heteroatoms. The second-order valence-electron chi connectivity index (χ2n) is 2.49. The second-order valence-corrected chi connectivity index (χ2v) is 2.49. The number of methoxy groups -OCH3 is 1. The molecule has 0 bridgehead atoms. The molecule has 0 spiro atoms. The van der Waals surface area contributed by atoms with Gasteiger partial charge in [0.25, 0.3) is 5.92 Å². The third-order valence-corrected chi connectivity index (χ3v) is 1.77. The number of carbonyl (C=O) groups is 2. The van der Waals surface area contributed by atoms with Crippen molar-refractivity contribution < 1.29 is 28.2 Å². The van der Waals surface area contributed by atoms with Crippen LogP contribution in [0.5, 0.6) is 0 Å². The zero-order chi connectivity index (χ0) is 9.52. The Balaban J connectivity index is 2.73. The molecule has 0 aromatic carbocycles. The summed E-state index contributed by atoms with van der Waals surface area (Å²) in [6.07, 6.45) is 0. The van der Waals surface area contributed by atoms with Crippen molar-refractivity contribution in [2.75, 3.05) is 7.11 Å². The molecule has 0 aromatic heterocycles. The SMILES string of the molecule is COC(=O)[C@@H]1[C@@H](C(=O)O)C1(F)F. The third-order valence-electron chi connectivity index (χ3n) is 1.77. The number of halogens is 2. The van der Waals surface area contributed by atoms with Gasteiger partial charge in [-0.15, -0.1) is 0 Å². The number of hydrogen-bond acceptors (Lipinski definition) is 3. The lowest BCUT2D eigenvalue weighted by Gasteiger charge is -1.93. The second kappa shape index (κ2) is 2.40. The van der Waals surface area contributed by atoms with Crippen LogP contribution >= 0.6 is 0 Å². The van der Waals surface area contributed by atoms with E-state index in [2.05, 4.69) is 4.74 Å². The Morgan fingerprint density at radius 3 is 2.17 bits per heavy atom. The molecule has 1 rings (SSSR count). The lowest BCUT2D eigenvalue weighted by Crippen LogP contribution is -2.09. The molecule has 2 atom stereocenters. The fourth-order valence-corrected chi connectivity index (χ4v) is 1.05. The number of aliphatic carboxylic acids is 1. The summed E-state index contributed by atoms with van der Waals surface area (Å²) in [4.78, 5) is 20.7. The maximum Gasteiger partial charge on any atom is 0.315 e. The number of carboxylic acid groups (broad SMARTS) is 1. The Labute approximate surface area is 66.1 Å². The first-order chi connectivity index (χ1) is 5.42. The van der Waals surface area contributed by atoms with Crippen molar-refractivity contribution in [3.05, 3.63) is 0 Å². The predicted molar refractivity (Wildman–Crippen MR) is 31.6 cm³/mol. The molecule has 0 aliphatic heterocycles. The van der Waals surface area contributed by atoms with Crippen molar-refractivity contribution in [1.82, 2.24) is 0 Å². The molecule has 0 aromatic rings. The Morgan fingerprint density at radius 1 is 1.42 bits per heavy atom. The van der Waals surface area contributed by atoms with E-state index < -0.39 is 29.7 Å². The van der Waals surface area contributed by atoms with Gasteiger partial charge in [-0.2, -0.15) is 0 Å². The Kier molecular flexibility index (Phi) is 1.78. The van der Waals surface area contributed by atoms with E-state index in [0.717, 1.165) is 7.11 Å². The van der Waals surface area contributed by atoms with Crippen LogP contribution in [0.15, 0.2) is 0 Å². The van der Waals surface area contributed by atoms with Gasteiger partial charge in [0.05, 0.1) is 7.11 Å². The first-order valence-corrected chi connectivity index (χ1v) is 3.11. The molecule has 1 N–H and O–H groups in total. The van der Waals surface area contributed by atoms with E-state index in [9.17, 15) is 18.4 Å². The van der Waals surface area contributed by atoms with Gasteiger partial charge in [0.1, 0.15) is 11.8 Å². The van der Waals surface area contributed by atoms with Crippen LogP contribution in [-0.2, 0) is 14.3 Å². The van der Waals surface area contributed by atoms with E-state index in [1.165, 1.54) is 0 Å². The number of rotatable bonds is 2. The molecular formula is C6H6F2O4. The molecule has 0 amide bonds. The third kappa shape index (κ3) is 1.03. The maximum atomic E-state index is 12.5. The number of carbonyl (C=O) groups excluding carboxylic acids is 1. The minimum Gasteiger partial charge on any atom is -0.481 e. The number of hydrogen-bond donors (Lipinski definition) is 1. The van der Waals surface area contributed by atoms with Gasteiger partial charge in [0, 0.05) is 0 Å². The van der Waals surface area contributed by atoms with Crippen molar-refractivity contribution in [1.29, 1.82) is 0 Å². The van der Waals surface area contributed by atoms with Crippen molar-refractivity contribution >= 4 is 11.9 Å². The van der Waals surface area contributed by atoms with Gasteiger partial charge in [-0.25, -0.2) is 8.78 Å². The van der Waals surface area contributed by atoms with Gasteiger partial charge < -0.3 is 9.84 Å². The summed E-state index contributed by atoms with van der Waals surface area (Å²) in [6.45, 7) is 0. The molecule has 1 fully saturated rings. The van der Waals surface area contributed by atoms with Crippen LogP contribution in [0.2, 0.25) is 0 Å².